The Balaban J connectivity index is 2.17. The Bertz CT molecular complexity index is 442. The van der Waals surface area contributed by atoms with Crippen molar-refractivity contribution in [1.29, 1.82) is 0 Å². The van der Waals surface area contributed by atoms with E-state index in [1.807, 2.05) is 7.05 Å². The molecule has 5 nitrogen and oxygen atoms in total. The second-order valence-corrected chi connectivity index (χ2v) is 4.88. The van der Waals surface area contributed by atoms with Crippen LogP contribution in [-0.4, -0.2) is 34.1 Å². The Hall–Kier alpha value is -1.65. The molecule has 1 aliphatic rings. The van der Waals surface area contributed by atoms with Crippen LogP contribution in [0.5, 0.6) is 0 Å². The highest BCUT2D eigenvalue weighted by Crippen LogP contribution is 2.24. The summed E-state index contributed by atoms with van der Waals surface area (Å²) >= 11 is 0. The van der Waals surface area contributed by atoms with Crippen LogP contribution in [-0.2, 0) is 0 Å². The van der Waals surface area contributed by atoms with Gasteiger partial charge in [0.25, 0.3) is 0 Å². The van der Waals surface area contributed by atoms with Crippen LogP contribution in [0.3, 0.4) is 0 Å². The quantitative estimate of drug-likeness (QED) is 0.890. The molecule has 0 radical (unpaired) electrons. The van der Waals surface area contributed by atoms with Crippen LogP contribution in [0.2, 0.25) is 0 Å². The van der Waals surface area contributed by atoms with Crippen molar-refractivity contribution in [2.45, 2.75) is 45.1 Å². The Kier molecular flexibility index (Phi) is 3.79. The fourth-order valence-electron chi connectivity index (χ4n) is 2.47. The number of aromatic carboxylic acids is 1. The van der Waals surface area contributed by atoms with Crippen molar-refractivity contribution >= 4 is 11.9 Å². The van der Waals surface area contributed by atoms with Crippen molar-refractivity contribution in [3.63, 3.8) is 0 Å². The zero-order valence-electron chi connectivity index (χ0n) is 10.9. The maximum absolute atomic E-state index is 10.9. The zero-order valence-corrected chi connectivity index (χ0v) is 10.9. The molecular formula is C13H19N3O2. The molecule has 0 unspecified atom stereocenters. The van der Waals surface area contributed by atoms with Crippen LogP contribution in [0, 0.1) is 6.92 Å². The van der Waals surface area contributed by atoms with Gasteiger partial charge in [0.05, 0.1) is 11.3 Å². The van der Waals surface area contributed by atoms with E-state index in [9.17, 15) is 4.79 Å². The number of carbonyl (C=O) groups is 1. The average molecular weight is 249 g/mol. The van der Waals surface area contributed by atoms with Gasteiger partial charge in [-0.05, 0) is 19.8 Å². The molecule has 2 rings (SSSR count). The topological polar surface area (TPSA) is 66.3 Å². The number of carboxylic acid groups (broad SMARTS) is 1. The Morgan fingerprint density at radius 3 is 2.61 bits per heavy atom. The number of aryl methyl sites for hydroxylation is 1. The number of hydrogen-bond donors (Lipinski definition) is 1. The molecule has 0 atom stereocenters. The number of nitrogens with zero attached hydrogens (tertiary/aromatic N) is 3. The van der Waals surface area contributed by atoms with Gasteiger partial charge in [0.2, 0.25) is 5.95 Å². The lowest BCUT2D eigenvalue weighted by Crippen LogP contribution is -2.34. The van der Waals surface area contributed by atoms with Crippen LogP contribution in [0.25, 0.3) is 0 Å². The Labute approximate surface area is 107 Å². The lowest BCUT2D eigenvalue weighted by Gasteiger charge is -2.31. The van der Waals surface area contributed by atoms with E-state index in [1.54, 1.807) is 6.92 Å². The number of carboxylic acids is 1. The second-order valence-electron chi connectivity index (χ2n) is 4.88. The molecule has 0 spiro atoms. The second kappa shape index (κ2) is 5.33. The number of aromatic nitrogens is 2. The van der Waals surface area contributed by atoms with E-state index in [0.29, 0.717) is 17.7 Å². The predicted molar refractivity (Wildman–Crippen MR) is 69.0 cm³/mol. The Morgan fingerprint density at radius 1 is 1.39 bits per heavy atom. The minimum absolute atomic E-state index is 0.177. The summed E-state index contributed by atoms with van der Waals surface area (Å²) in [6.07, 6.45) is 7.54. The van der Waals surface area contributed by atoms with Gasteiger partial charge in [-0.3, -0.25) is 0 Å². The SMILES string of the molecule is Cc1nc(N(C)C2CCCCC2)ncc1C(=O)O. The van der Waals surface area contributed by atoms with Gasteiger partial charge in [-0.15, -0.1) is 0 Å². The lowest BCUT2D eigenvalue weighted by molar-refractivity contribution is 0.0695. The summed E-state index contributed by atoms with van der Waals surface area (Å²) in [7, 11) is 1.99. The van der Waals surface area contributed by atoms with E-state index in [1.165, 1.54) is 38.3 Å². The third-order valence-electron chi connectivity index (χ3n) is 3.63. The van der Waals surface area contributed by atoms with Gasteiger partial charge in [0.1, 0.15) is 0 Å². The molecule has 1 aromatic rings. The summed E-state index contributed by atoms with van der Waals surface area (Å²) in [5.41, 5.74) is 0.700. The lowest BCUT2D eigenvalue weighted by atomic mass is 9.95. The van der Waals surface area contributed by atoms with Gasteiger partial charge in [0.15, 0.2) is 0 Å². The van der Waals surface area contributed by atoms with Crippen molar-refractivity contribution in [1.82, 2.24) is 9.97 Å². The van der Waals surface area contributed by atoms with E-state index in [4.69, 9.17) is 5.11 Å². The first kappa shape index (κ1) is 12.8. The van der Waals surface area contributed by atoms with E-state index in [2.05, 4.69) is 14.9 Å². The predicted octanol–water partition coefficient (Wildman–Crippen LogP) is 2.25. The molecule has 0 amide bonds. The standard InChI is InChI=1S/C13H19N3O2/c1-9-11(12(17)18)8-14-13(15-9)16(2)10-6-4-3-5-7-10/h8,10H,3-7H2,1-2H3,(H,17,18). The fraction of sp³-hybridized carbons (Fsp3) is 0.615. The summed E-state index contributed by atoms with van der Waals surface area (Å²) in [4.78, 5) is 21.5. The molecular weight excluding hydrogens is 230 g/mol. The summed E-state index contributed by atoms with van der Waals surface area (Å²) in [5.74, 6) is -0.344. The zero-order chi connectivity index (χ0) is 13.1. The number of hydrogen-bond acceptors (Lipinski definition) is 4. The fourth-order valence-corrected chi connectivity index (χ4v) is 2.47. The third kappa shape index (κ3) is 2.60. The van der Waals surface area contributed by atoms with Crippen molar-refractivity contribution in [3.05, 3.63) is 17.5 Å². The number of rotatable bonds is 3. The molecule has 0 aromatic carbocycles. The van der Waals surface area contributed by atoms with Crippen LogP contribution in [0.4, 0.5) is 5.95 Å². The highest BCUT2D eigenvalue weighted by molar-refractivity contribution is 5.88. The summed E-state index contributed by atoms with van der Waals surface area (Å²) in [6.45, 7) is 1.71. The molecule has 0 aliphatic heterocycles. The summed E-state index contributed by atoms with van der Waals surface area (Å²) in [6, 6.07) is 0.480. The van der Waals surface area contributed by atoms with Crippen LogP contribution in [0.1, 0.15) is 48.2 Å². The minimum atomic E-state index is -0.973. The molecule has 5 heteroatoms. The normalized spacial score (nSPS) is 16.6. The molecule has 0 saturated heterocycles. The van der Waals surface area contributed by atoms with Crippen LogP contribution in [0.15, 0.2) is 6.20 Å². The minimum Gasteiger partial charge on any atom is -0.478 e. The highest BCUT2D eigenvalue weighted by atomic mass is 16.4. The molecule has 18 heavy (non-hydrogen) atoms. The van der Waals surface area contributed by atoms with Crippen molar-refractivity contribution in [3.8, 4) is 0 Å². The smallest absolute Gasteiger partial charge is 0.339 e. The number of anilines is 1. The van der Waals surface area contributed by atoms with E-state index >= 15 is 0 Å². The van der Waals surface area contributed by atoms with Gasteiger partial charge in [-0.2, -0.15) is 0 Å². The summed E-state index contributed by atoms with van der Waals surface area (Å²) < 4.78 is 0. The first-order valence-corrected chi connectivity index (χ1v) is 6.39. The maximum Gasteiger partial charge on any atom is 0.339 e. The maximum atomic E-state index is 10.9. The average Bonchev–Trinajstić information content (AvgIpc) is 2.38. The Morgan fingerprint density at radius 2 is 2.06 bits per heavy atom. The van der Waals surface area contributed by atoms with Gasteiger partial charge < -0.3 is 10.0 Å². The molecule has 0 bridgehead atoms. The van der Waals surface area contributed by atoms with Crippen molar-refractivity contribution < 1.29 is 9.90 Å². The third-order valence-corrected chi connectivity index (χ3v) is 3.63. The molecule has 1 aliphatic carbocycles. The van der Waals surface area contributed by atoms with Crippen LogP contribution >= 0.6 is 0 Å². The van der Waals surface area contributed by atoms with Crippen molar-refractivity contribution in [2.24, 2.45) is 0 Å². The van der Waals surface area contributed by atoms with Gasteiger partial charge in [0, 0.05) is 19.3 Å². The van der Waals surface area contributed by atoms with E-state index < -0.39 is 5.97 Å². The largest absolute Gasteiger partial charge is 0.478 e. The monoisotopic (exact) mass is 249 g/mol. The highest BCUT2D eigenvalue weighted by Gasteiger charge is 2.21. The first-order chi connectivity index (χ1) is 8.59. The van der Waals surface area contributed by atoms with E-state index in [0.717, 1.165) is 0 Å². The van der Waals surface area contributed by atoms with E-state index in [-0.39, 0.29) is 5.56 Å². The summed E-state index contributed by atoms with van der Waals surface area (Å²) in [5, 5.41) is 8.95. The molecule has 98 valence electrons. The molecule has 1 aromatic heterocycles. The molecule has 1 N–H and O–H groups in total. The molecule has 1 fully saturated rings. The van der Waals surface area contributed by atoms with Gasteiger partial charge in [-0.25, -0.2) is 14.8 Å². The van der Waals surface area contributed by atoms with Gasteiger partial charge >= 0.3 is 5.97 Å². The van der Waals surface area contributed by atoms with Crippen molar-refractivity contribution in [2.75, 3.05) is 11.9 Å². The first-order valence-electron chi connectivity index (χ1n) is 6.39. The van der Waals surface area contributed by atoms with Gasteiger partial charge in [-0.1, -0.05) is 19.3 Å². The van der Waals surface area contributed by atoms with Crippen LogP contribution < -0.4 is 4.90 Å². The molecule has 1 heterocycles. The molecule has 1 saturated carbocycles.